The Balaban J connectivity index is 2.46. The van der Waals surface area contributed by atoms with E-state index >= 15 is 0 Å². The first-order valence-corrected chi connectivity index (χ1v) is 5.32. The van der Waals surface area contributed by atoms with Gasteiger partial charge in [0.05, 0.1) is 12.2 Å². The molecule has 70 valence electrons. The van der Waals surface area contributed by atoms with Crippen LogP contribution in [0.2, 0.25) is 0 Å². The first-order chi connectivity index (χ1) is 6.11. The number of fused-ring (bicyclic) bond motifs is 1. The van der Waals surface area contributed by atoms with E-state index in [2.05, 4.69) is 32.9 Å². The molecule has 0 aromatic carbocycles. The van der Waals surface area contributed by atoms with E-state index in [-0.39, 0.29) is 10.1 Å². The normalized spacial score (nSPS) is 27.3. The topological polar surface area (TPSA) is 44.7 Å². The van der Waals surface area contributed by atoms with E-state index in [1.165, 1.54) is 5.57 Å². The van der Waals surface area contributed by atoms with Crippen molar-refractivity contribution in [3.05, 3.63) is 11.3 Å². The summed E-state index contributed by atoms with van der Waals surface area (Å²) in [5, 5.41) is 2.79. The molecule has 0 saturated carbocycles. The van der Waals surface area contributed by atoms with E-state index < -0.39 is 0 Å². The van der Waals surface area contributed by atoms with Gasteiger partial charge in [-0.2, -0.15) is 0 Å². The maximum atomic E-state index is 11.4. The summed E-state index contributed by atoms with van der Waals surface area (Å²) in [6.07, 6.45) is 0. The summed E-state index contributed by atoms with van der Waals surface area (Å²) in [6, 6.07) is -0.0566. The number of hydrogen-bond donors (Lipinski definition) is 1. The zero-order valence-electron chi connectivity index (χ0n) is 7.47. The largest absolute Gasteiger partial charge is 0.332 e. The third-order valence-electron chi connectivity index (χ3n) is 2.32. The Kier molecular flexibility index (Phi) is 2.05. The highest BCUT2D eigenvalue weighted by Gasteiger charge is 2.33. The van der Waals surface area contributed by atoms with Gasteiger partial charge in [0.1, 0.15) is 9.88 Å². The van der Waals surface area contributed by atoms with Gasteiger partial charge in [-0.1, -0.05) is 22.6 Å². The molecule has 0 aromatic rings. The zero-order chi connectivity index (χ0) is 9.59. The van der Waals surface area contributed by atoms with Crippen LogP contribution in [0.15, 0.2) is 16.3 Å². The van der Waals surface area contributed by atoms with E-state index in [9.17, 15) is 4.79 Å². The molecule has 4 nitrogen and oxygen atoms in total. The molecule has 0 aliphatic carbocycles. The van der Waals surface area contributed by atoms with Crippen molar-refractivity contribution in [1.29, 1.82) is 0 Å². The third kappa shape index (κ3) is 1.25. The molecule has 2 aliphatic heterocycles. The van der Waals surface area contributed by atoms with Crippen LogP contribution in [0, 0.1) is 0 Å². The number of urea groups is 1. The number of hydrogen-bond acceptors (Lipinski definition) is 2. The van der Waals surface area contributed by atoms with Crippen LogP contribution in [0.5, 0.6) is 0 Å². The Bertz CT molecular complexity index is 334. The SMILES string of the molecule is CC1=NC(I)C(C)=C2CNC(=O)N12. The van der Waals surface area contributed by atoms with Crippen molar-refractivity contribution in [3.63, 3.8) is 0 Å². The lowest BCUT2D eigenvalue weighted by atomic mass is 10.2. The van der Waals surface area contributed by atoms with Crippen LogP contribution in [0.4, 0.5) is 4.79 Å². The average molecular weight is 291 g/mol. The van der Waals surface area contributed by atoms with Crippen molar-refractivity contribution in [1.82, 2.24) is 10.2 Å². The van der Waals surface area contributed by atoms with Crippen LogP contribution in [0.25, 0.3) is 0 Å². The standard InChI is InChI=1S/C8H10IN3O/c1-4-6-3-10-8(13)12(6)5(2)11-7(4)9/h7H,3H2,1-2H3,(H,10,13). The van der Waals surface area contributed by atoms with Gasteiger partial charge in [-0.25, -0.2) is 4.79 Å². The monoisotopic (exact) mass is 291 g/mol. The van der Waals surface area contributed by atoms with Gasteiger partial charge in [0.15, 0.2) is 0 Å². The number of carbonyl (C=O) groups excluding carboxylic acids is 1. The summed E-state index contributed by atoms with van der Waals surface area (Å²) in [5.74, 6) is 0.787. The van der Waals surface area contributed by atoms with Crippen molar-refractivity contribution in [2.45, 2.75) is 17.9 Å². The second-order valence-electron chi connectivity index (χ2n) is 3.14. The van der Waals surface area contributed by atoms with E-state index in [4.69, 9.17) is 0 Å². The summed E-state index contributed by atoms with van der Waals surface area (Å²) in [5.41, 5.74) is 2.24. The number of halogens is 1. The fourth-order valence-corrected chi connectivity index (χ4v) is 2.32. The van der Waals surface area contributed by atoms with Crippen LogP contribution in [-0.4, -0.2) is 27.4 Å². The van der Waals surface area contributed by atoms with Gasteiger partial charge in [-0.3, -0.25) is 9.89 Å². The highest BCUT2D eigenvalue weighted by Crippen LogP contribution is 2.28. The van der Waals surface area contributed by atoms with E-state index in [1.807, 2.05) is 13.8 Å². The molecule has 13 heavy (non-hydrogen) atoms. The van der Waals surface area contributed by atoms with Gasteiger partial charge < -0.3 is 5.32 Å². The molecule has 1 N–H and O–H groups in total. The van der Waals surface area contributed by atoms with Gasteiger partial charge in [-0.15, -0.1) is 0 Å². The fourth-order valence-electron chi connectivity index (χ4n) is 1.55. The minimum atomic E-state index is -0.0566. The molecular weight excluding hydrogens is 281 g/mol. The molecule has 2 aliphatic rings. The van der Waals surface area contributed by atoms with Crippen molar-refractivity contribution in [2.24, 2.45) is 4.99 Å². The number of aliphatic imine (C=N–C) groups is 1. The molecule has 0 spiro atoms. The summed E-state index contributed by atoms with van der Waals surface area (Å²) < 4.78 is 0.177. The van der Waals surface area contributed by atoms with Gasteiger partial charge in [0, 0.05) is 0 Å². The van der Waals surface area contributed by atoms with Crippen LogP contribution in [-0.2, 0) is 0 Å². The van der Waals surface area contributed by atoms with Crippen LogP contribution >= 0.6 is 22.6 Å². The minimum Gasteiger partial charge on any atom is -0.332 e. The molecule has 2 amide bonds. The number of rotatable bonds is 0. The first kappa shape index (κ1) is 8.98. The molecule has 1 unspecified atom stereocenters. The van der Waals surface area contributed by atoms with Gasteiger partial charge in [0.2, 0.25) is 0 Å². The molecular formula is C8H10IN3O. The van der Waals surface area contributed by atoms with E-state index in [1.54, 1.807) is 4.90 Å². The molecule has 5 heteroatoms. The number of nitrogens with one attached hydrogen (secondary N) is 1. The maximum Gasteiger partial charge on any atom is 0.327 e. The van der Waals surface area contributed by atoms with Crippen molar-refractivity contribution in [2.75, 3.05) is 6.54 Å². The summed E-state index contributed by atoms with van der Waals surface area (Å²) >= 11 is 2.27. The van der Waals surface area contributed by atoms with Crippen LogP contribution < -0.4 is 5.32 Å². The third-order valence-corrected chi connectivity index (χ3v) is 3.53. The Labute approximate surface area is 90.2 Å². The molecule has 1 atom stereocenters. The summed E-state index contributed by atoms with van der Waals surface area (Å²) in [7, 11) is 0. The Morgan fingerprint density at radius 1 is 1.62 bits per heavy atom. The molecule has 1 fully saturated rings. The number of carbonyl (C=O) groups is 1. The van der Waals surface area contributed by atoms with Gasteiger partial charge >= 0.3 is 6.03 Å². The lowest BCUT2D eigenvalue weighted by molar-refractivity contribution is 0.236. The lowest BCUT2D eigenvalue weighted by Gasteiger charge is -2.24. The van der Waals surface area contributed by atoms with Gasteiger partial charge in [0.25, 0.3) is 0 Å². The molecule has 1 saturated heterocycles. The lowest BCUT2D eigenvalue weighted by Crippen LogP contribution is -2.35. The van der Waals surface area contributed by atoms with Crippen molar-refractivity contribution >= 4 is 34.5 Å². The number of amides is 2. The number of nitrogens with zero attached hydrogens (tertiary/aromatic N) is 2. The Morgan fingerprint density at radius 2 is 2.31 bits per heavy atom. The highest BCUT2D eigenvalue weighted by atomic mass is 127. The van der Waals surface area contributed by atoms with Crippen molar-refractivity contribution < 1.29 is 4.79 Å². The second kappa shape index (κ2) is 2.97. The maximum absolute atomic E-state index is 11.4. The summed E-state index contributed by atoms with van der Waals surface area (Å²) in [4.78, 5) is 17.4. The summed E-state index contributed by atoms with van der Waals surface area (Å²) in [6.45, 7) is 4.52. The molecule has 0 aromatic heterocycles. The quantitative estimate of drug-likeness (QED) is 0.410. The van der Waals surface area contributed by atoms with Crippen LogP contribution in [0.1, 0.15) is 13.8 Å². The predicted octanol–water partition coefficient (Wildman–Crippen LogP) is 1.48. The number of alkyl halides is 1. The van der Waals surface area contributed by atoms with Crippen molar-refractivity contribution in [3.8, 4) is 0 Å². The molecule has 2 rings (SSSR count). The molecule has 0 radical (unpaired) electrons. The molecule has 2 heterocycles. The predicted molar refractivity (Wildman–Crippen MR) is 58.9 cm³/mol. The molecule has 0 bridgehead atoms. The van der Waals surface area contributed by atoms with E-state index in [0.717, 1.165) is 11.5 Å². The smallest absolute Gasteiger partial charge is 0.327 e. The second-order valence-corrected chi connectivity index (χ2v) is 4.32. The average Bonchev–Trinajstić information content (AvgIpc) is 2.44. The first-order valence-electron chi connectivity index (χ1n) is 4.07. The zero-order valence-corrected chi connectivity index (χ0v) is 9.62. The minimum absolute atomic E-state index is 0.0566. The Hall–Kier alpha value is -0.590. The van der Waals surface area contributed by atoms with Crippen LogP contribution in [0.3, 0.4) is 0 Å². The number of amidine groups is 1. The highest BCUT2D eigenvalue weighted by molar-refractivity contribution is 14.1. The fraction of sp³-hybridized carbons (Fsp3) is 0.500. The Morgan fingerprint density at radius 3 is 3.00 bits per heavy atom. The van der Waals surface area contributed by atoms with E-state index in [0.29, 0.717) is 6.54 Å². The van der Waals surface area contributed by atoms with Gasteiger partial charge in [-0.05, 0) is 19.4 Å².